The minimum absolute atomic E-state index is 0.0646. The molecule has 1 fully saturated rings. The Morgan fingerprint density at radius 2 is 2.04 bits per heavy atom. The van der Waals surface area contributed by atoms with Crippen LogP contribution in [-0.4, -0.2) is 44.0 Å². The highest BCUT2D eigenvalue weighted by molar-refractivity contribution is 8.17. The fourth-order valence-corrected chi connectivity index (χ4v) is 5.12. The zero-order valence-electron chi connectivity index (χ0n) is 12.5. The van der Waals surface area contributed by atoms with Gasteiger partial charge in [-0.3, -0.25) is 4.79 Å². The van der Waals surface area contributed by atoms with E-state index in [0.29, 0.717) is 28.9 Å². The monoisotopic (exact) mass is 354 g/mol. The van der Waals surface area contributed by atoms with E-state index in [4.69, 9.17) is 4.42 Å². The van der Waals surface area contributed by atoms with E-state index in [1.165, 1.54) is 29.6 Å². The SMILES string of the molecule is CCc1cc(=O)c2ccc(S[C@@H]3SC[C@@H](O)[C@H](O)[C@H]3O)cc2o1. The molecule has 1 aliphatic rings. The molecule has 1 saturated heterocycles. The molecular weight excluding hydrogens is 336 g/mol. The summed E-state index contributed by atoms with van der Waals surface area (Å²) in [6.45, 7) is 1.92. The summed E-state index contributed by atoms with van der Waals surface area (Å²) in [5, 5.41) is 30.0. The molecule has 3 N–H and O–H groups in total. The van der Waals surface area contributed by atoms with E-state index in [9.17, 15) is 20.1 Å². The second kappa shape index (κ2) is 6.86. The van der Waals surface area contributed by atoms with Gasteiger partial charge in [0.2, 0.25) is 0 Å². The first-order valence-corrected chi connectivity index (χ1v) is 9.31. The van der Waals surface area contributed by atoms with Crippen LogP contribution in [0.3, 0.4) is 0 Å². The van der Waals surface area contributed by atoms with E-state index in [1.54, 1.807) is 18.2 Å². The van der Waals surface area contributed by atoms with Crippen molar-refractivity contribution in [2.75, 3.05) is 5.75 Å². The summed E-state index contributed by atoms with van der Waals surface area (Å²) >= 11 is 2.80. The summed E-state index contributed by atoms with van der Waals surface area (Å²) in [7, 11) is 0. The van der Waals surface area contributed by atoms with E-state index in [1.807, 2.05) is 6.92 Å². The van der Waals surface area contributed by atoms with Gasteiger partial charge in [0, 0.05) is 23.1 Å². The van der Waals surface area contributed by atoms with Crippen molar-refractivity contribution < 1.29 is 19.7 Å². The van der Waals surface area contributed by atoms with Crippen LogP contribution >= 0.6 is 23.5 Å². The van der Waals surface area contributed by atoms with Gasteiger partial charge in [0.15, 0.2) is 5.43 Å². The predicted octanol–water partition coefficient (Wildman–Crippen LogP) is 1.60. The molecule has 3 rings (SSSR count). The Hall–Kier alpha value is -0.990. The van der Waals surface area contributed by atoms with Crippen LogP contribution in [0.2, 0.25) is 0 Å². The van der Waals surface area contributed by atoms with Crippen molar-refractivity contribution in [3.05, 3.63) is 40.2 Å². The highest BCUT2D eigenvalue weighted by Gasteiger charge is 2.37. The number of fused-ring (bicyclic) bond motifs is 1. The number of thioether (sulfide) groups is 2. The number of hydrogen-bond acceptors (Lipinski definition) is 7. The topological polar surface area (TPSA) is 90.9 Å². The number of rotatable bonds is 3. The zero-order chi connectivity index (χ0) is 16.6. The Bertz CT molecular complexity index is 760. The lowest BCUT2D eigenvalue weighted by molar-refractivity contribution is -0.0474. The smallest absolute Gasteiger partial charge is 0.192 e. The van der Waals surface area contributed by atoms with Crippen LogP contribution in [0.4, 0.5) is 0 Å². The van der Waals surface area contributed by atoms with Gasteiger partial charge in [-0.2, -0.15) is 0 Å². The molecule has 0 spiro atoms. The number of aliphatic hydroxyl groups is 3. The quantitative estimate of drug-likeness (QED) is 0.771. The highest BCUT2D eigenvalue weighted by atomic mass is 32.2. The maximum Gasteiger partial charge on any atom is 0.192 e. The fraction of sp³-hybridized carbons (Fsp3) is 0.438. The summed E-state index contributed by atoms with van der Waals surface area (Å²) in [6, 6.07) is 6.81. The maximum absolute atomic E-state index is 12.0. The number of aryl methyl sites for hydroxylation is 1. The Morgan fingerprint density at radius 3 is 2.78 bits per heavy atom. The summed E-state index contributed by atoms with van der Waals surface area (Å²) in [5.41, 5.74) is 0.459. The van der Waals surface area contributed by atoms with Gasteiger partial charge in [-0.15, -0.1) is 23.5 Å². The molecule has 4 atom stereocenters. The number of benzene rings is 1. The van der Waals surface area contributed by atoms with Crippen molar-refractivity contribution in [3.8, 4) is 0 Å². The molecule has 2 heterocycles. The molecule has 2 aromatic rings. The molecule has 0 radical (unpaired) electrons. The van der Waals surface area contributed by atoms with Crippen molar-refractivity contribution >= 4 is 34.5 Å². The lowest BCUT2D eigenvalue weighted by atomic mass is 10.1. The Kier molecular flexibility index (Phi) is 5.03. The normalized spacial score (nSPS) is 28.2. The molecule has 23 heavy (non-hydrogen) atoms. The summed E-state index contributed by atoms with van der Waals surface area (Å²) in [5.74, 6) is 1.01. The second-order valence-corrected chi connectivity index (χ2v) is 8.14. The van der Waals surface area contributed by atoms with Gasteiger partial charge < -0.3 is 19.7 Å². The third-order valence-corrected chi connectivity index (χ3v) is 6.68. The van der Waals surface area contributed by atoms with Crippen LogP contribution in [0.25, 0.3) is 11.0 Å². The van der Waals surface area contributed by atoms with E-state index >= 15 is 0 Å². The molecule has 124 valence electrons. The predicted molar refractivity (Wildman–Crippen MR) is 92.0 cm³/mol. The van der Waals surface area contributed by atoms with Gasteiger partial charge in [0.05, 0.1) is 16.1 Å². The van der Waals surface area contributed by atoms with E-state index in [0.717, 1.165) is 4.90 Å². The Morgan fingerprint density at radius 1 is 1.26 bits per heavy atom. The van der Waals surface area contributed by atoms with Gasteiger partial charge in [0.1, 0.15) is 23.6 Å². The van der Waals surface area contributed by atoms with Crippen molar-refractivity contribution in [1.82, 2.24) is 0 Å². The van der Waals surface area contributed by atoms with E-state index < -0.39 is 18.3 Å². The van der Waals surface area contributed by atoms with Crippen LogP contribution in [0, 0.1) is 0 Å². The van der Waals surface area contributed by atoms with Crippen LogP contribution in [0.5, 0.6) is 0 Å². The minimum atomic E-state index is -1.14. The average Bonchev–Trinajstić information content (AvgIpc) is 2.55. The zero-order valence-corrected chi connectivity index (χ0v) is 14.1. The molecule has 5 nitrogen and oxygen atoms in total. The summed E-state index contributed by atoms with van der Waals surface area (Å²) < 4.78 is 5.43. The number of hydrogen-bond donors (Lipinski definition) is 3. The molecule has 0 bridgehead atoms. The van der Waals surface area contributed by atoms with Crippen molar-refractivity contribution in [1.29, 1.82) is 0 Å². The van der Waals surface area contributed by atoms with Gasteiger partial charge in [-0.05, 0) is 18.2 Å². The van der Waals surface area contributed by atoms with Crippen molar-refractivity contribution in [2.24, 2.45) is 0 Å². The molecule has 0 saturated carbocycles. The molecule has 1 aliphatic heterocycles. The fourth-order valence-electron chi connectivity index (χ4n) is 2.45. The first-order valence-electron chi connectivity index (χ1n) is 7.39. The Labute approximate surface area is 141 Å². The highest BCUT2D eigenvalue weighted by Crippen LogP contribution is 2.39. The summed E-state index contributed by atoms with van der Waals surface area (Å²) in [6.07, 6.45) is -2.42. The lowest BCUT2D eigenvalue weighted by Crippen LogP contribution is -2.47. The van der Waals surface area contributed by atoms with Crippen LogP contribution < -0.4 is 5.43 Å². The standard InChI is InChI=1S/C16H18O5S2/c1-2-8-5-11(17)10-4-3-9(6-13(10)21-8)23-16-15(20)14(19)12(18)7-22-16/h3-6,12,14-16,18-20H,2,7H2,1H3/t12-,14+,15-,16+/m1/s1. The molecule has 1 aromatic carbocycles. The first kappa shape index (κ1) is 16.9. The van der Waals surface area contributed by atoms with Gasteiger partial charge in [-0.25, -0.2) is 0 Å². The van der Waals surface area contributed by atoms with E-state index in [-0.39, 0.29) is 10.0 Å². The van der Waals surface area contributed by atoms with Crippen LogP contribution in [-0.2, 0) is 6.42 Å². The molecule has 0 aliphatic carbocycles. The molecule has 0 unspecified atom stereocenters. The summed E-state index contributed by atoms with van der Waals surface area (Å²) in [4.78, 5) is 12.9. The lowest BCUT2D eigenvalue weighted by Gasteiger charge is -2.34. The Balaban J connectivity index is 1.87. The minimum Gasteiger partial charge on any atom is -0.461 e. The third kappa shape index (κ3) is 3.44. The van der Waals surface area contributed by atoms with Crippen LogP contribution in [0.15, 0.2) is 38.4 Å². The molecule has 1 aromatic heterocycles. The van der Waals surface area contributed by atoms with Crippen LogP contribution in [0.1, 0.15) is 12.7 Å². The first-order chi connectivity index (χ1) is 11.0. The largest absolute Gasteiger partial charge is 0.461 e. The van der Waals surface area contributed by atoms with Gasteiger partial charge in [-0.1, -0.05) is 6.92 Å². The molecule has 7 heteroatoms. The maximum atomic E-state index is 12.0. The molecule has 0 amide bonds. The van der Waals surface area contributed by atoms with Crippen molar-refractivity contribution in [3.63, 3.8) is 0 Å². The number of aliphatic hydroxyl groups excluding tert-OH is 3. The van der Waals surface area contributed by atoms with Crippen molar-refractivity contribution in [2.45, 2.75) is 41.1 Å². The van der Waals surface area contributed by atoms with Gasteiger partial charge >= 0.3 is 0 Å². The third-order valence-electron chi connectivity index (χ3n) is 3.81. The second-order valence-electron chi connectivity index (χ2n) is 5.46. The average molecular weight is 354 g/mol. The van der Waals surface area contributed by atoms with Gasteiger partial charge in [0.25, 0.3) is 0 Å². The molecular formula is C16H18O5S2. The van der Waals surface area contributed by atoms with E-state index in [2.05, 4.69) is 0 Å².